The molecule has 22 heavy (non-hydrogen) atoms. The lowest BCUT2D eigenvalue weighted by Crippen LogP contribution is -2.29. The fourth-order valence-electron chi connectivity index (χ4n) is 1.92. The van der Waals surface area contributed by atoms with Gasteiger partial charge in [0.1, 0.15) is 0 Å². The number of esters is 1. The zero-order valence-corrected chi connectivity index (χ0v) is 13.6. The predicted octanol–water partition coefficient (Wildman–Crippen LogP) is 3.98. The molecule has 1 aromatic rings. The Balaban J connectivity index is 2.02. The zero-order chi connectivity index (χ0) is 16.2. The molecular formula is C16H23ClN2O3. The van der Waals surface area contributed by atoms with E-state index in [2.05, 4.69) is 10.6 Å². The minimum absolute atomic E-state index is 0.137. The first-order valence-electron chi connectivity index (χ1n) is 7.58. The van der Waals surface area contributed by atoms with Crippen molar-refractivity contribution in [3.05, 3.63) is 29.3 Å². The number of rotatable bonds is 9. The lowest BCUT2D eigenvalue weighted by molar-refractivity contribution is -0.143. The van der Waals surface area contributed by atoms with Gasteiger partial charge < -0.3 is 15.4 Å². The molecule has 1 aromatic carbocycles. The van der Waals surface area contributed by atoms with Crippen molar-refractivity contribution in [2.45, 2.75) is 39.0 Å². The summed E-state index contributed by atoms with van der Waals surface area (Å²) < 4.78 is 4.85. The molecule has 6 heteroatoms. The number of halogens is 1. The van der Waals surface area contributed by atoms with Crippen LogP contribution < -0.4 is 10.6 Å². The fraction of sp³-hybridized carbons (Fsp3) is 0.500. The van der Waals surface area contributed by atoms with Crippen LogP contribution in [-0.4, -0.2) is 25.2 Å². The van der Waals surface area contributed by atoms with Crippen LogP contribution in [0.25, 0.3) is 0 Å². The van der Waals surface area contributed by atoms with E-state index >= 15 is 0 Å². The molecule has 0 atom stereocenters. The minimum Gasteiger partial charge on any atom is -0.466 e. The van der Waals surface area contributed by atoms with Gasteiger partial charge in [0.05, 0.1) is 6.61 Å². The summed E-state index contributed by atoms with van der Waals surface area (Å²) in [5.41, 5.74) is 0.666. The summed E-state index contributed by atoms with van der Waals surface area (Å²) in [6, 6.07) is 6.76. The molecule has 0 aromatic heterocycles. The average Bonchev–Trinajstić information content (AvgIpc) is 2.46. The third-order valence-electron chi connectivity index (χ3n) is 2.98. The number of carbonyl (C=O) groups excluding carboxylic acids is 2. The Morgan fingerprint density at radius 2 is 1.95 bits per heavy atom. The zero-order valence-electron chi connectivity index (χ0n) is 12.9. The lowest BCUT2D eigenvalue weighted by atomic mass is 10.1. The molecule has 0 unspecified atom stereocenters. The van der Waals surface area contributed by atoms with Crippen molar-refractivity contribution in [1.29, 1.82) is 0 Å². The maximum absolute atomic E-state index is 11.6. The van der Waals surface area contributed by atoms with Crippen molar-refractivity contribution in [3.8, 4) is 0 Å². The van der Waals surface area contributed by atoms with Gasteiger partial charge in [0.15, 0.2) is 0 Å². The second-order valence-corrected chi connectivity index (χ2v) is 5.30. The van der Waals surface area contributed by atoms with Crippen LogP contribution >= 0.6 is 11.6 Å². The number of anilines is 1. The molecule has 2 N–H and O–H groups in total. The number of amides is 2. The number of urea groups is 1. The lowest BCUT2D eigenvalue weighted by Gasteiger charge is -2.07. The number of hydrogen-bond donors (Lipinski definition) is 2. The highest BCUT2D eigenvalue weighted by Gasteiger charge is 2.02. The Kier molecular flexibility index (Phi) is 9.07. The Morgan fingerprint density at radius 1 is 1.18 bits per heavy atom. The number of ether oxygens (including phenoxy) is 1. The van der Waals surface area contributed by atoms with Crippen molar-refractivity contribution in [3.63, 3.8) is 0 Å². The number of carbonyl (C=O) groups is 2. The molecule has 0 saturated carbocycles. The fourth-order valence-corrected chi connectivity index (χ4v) is 2.11. The molecule has 0 aliphatic heterocycles. The Labute approximate surface area is 136 Å². The molecule has 0 radical (unpaired) electrons. The highest BCUT2D eigenvalue weighted by atomic mass is 35.5. The SMILES string of the molecule is CCOC(=O)CCCCCCNC(=O)Nc1cccc(Cl)c1. The Hall–Kier alpha value is -1.75. The molecule has 0 spiro atoms. The molecule has 0 bridgehead atoms. The first-order valence-corrected chi connectivity index (χ1v) is 7.95. The highest BCUT2D eigenvalue weighted by molar-refractivity contribution is 6.30. The number of hydrogen-bond acceptors (Lipinski definition) is 3. The van der Waals surface area contributed by atoms with E-state index in [0.717, 1.165) is 25.7 Å². The molecule has 0 heterocycles. The number of benzene rings is 1. The van der Waals surface area contributed by atoms with Gasteiger partial charge >= 0.3 is 12.0 Å². The van der Waals surface area contributed by atoms with Crippen LogP contribution in [-0.2, 0) is 9.53 Å². The Morgan fingerprint density at radius 3 is 2.68 bits per heavy atom. The summed E-state index contributed by atoms with van der Waals surface area (Å²) in [6.45, 7) is 2.84. The van der Waals surface area contributed by atoms with Gasteiger partial charge in [-0.1, -0.05) is 30.5 Å². The maximum Gasteiger partial charge on any atom is 0.319 e. The van der Waals surface area contributed by atoms with E-state index in [1.54, 1.807) is 31.2 Å². The molecular weight excluding hydrogens is 304 g/mol. The molecule has 0 saturated heterocycles. The third-order valence-corrected chi connectivity index (χ3v) is 3.22. The van der Waals surface area contributed by atoms with E-state index in [9.17, 15) is 9.59 Å². The van der Waals surface area contributed by atoms with Crippen LogP contribution in [0.15, 0.2) is 24.3 Å². The van der Waals surface area contributed by atoms with Crippen LogP contribution in [0.1, 0.15) is 39.0 Å². The van der Waals surface area contributed by atoms with Gasteiger partial charge in [0, 0.05) is 23.7 Å². The molecule has 1 rings (SSSR count). The third kappa shape index (κ3) is 8.52. The normalized spacial score (nSPS) is 10.1. The van der Waals surface area contributed by atoms with Crippen molar-refractivity contribution in [2.24, 2.45) is 0 Å². The van der Waals surface area contributed by atoms with Gasteiger partial charge in [-0.3, -0.25) is 4.79 Å². The smallest absolute Gasteiger partial charge is 0.319 e. The van der Waals surface area contributed by atoms with E-state index in [0.29, 0.717) is 30.3 Å². The van der Waals surface area contributed by atoms with Crippen molar-refractivity contribution < 1.29 is 14.3 Å². The Bertz CT molecular complexity index is 480. The van der Waals surface area contributed by atoms with E-state index in [-0.39, 0.29) is 12.0 Å². The first-order chi connectivity index (χ1) is 10.6. The molecule has 2 amide bonds. The van der Waals surface area contributed by atoms with Gasteiger partial charge in [-0.25, -0.2) is 4.79 Å². The summed E-state index contributed by atoms with van der Waals surface area (Å²) in [4.78, 5) is 22.8. The van der Waals surface area contributed by atoms with Crippen LogP contribution in [0.5, 0.6) is 0 Å². The van der Waals surface area contributed by atoms with E-state index in [1.165, 1.54) is 0 Å². The van der Waals surface area contributed by atoms with E-state index in [4.69, 9.17) is 16.3 Å². The topological polar surface area (TPSA) is 67.4 Å². The average molecular weight is 327 g/mol. The van der Waals surface area contributed by atoms with E-state index < -0.39 is 0 Å². The molecule has 0 aliphatic carbocycles. The van der Waals surface area contributed by atoms with Crippen LogP contribution in [0.3, 0.4) is 0 Å². The van der Waals surface area contributed by atoms with Crippen molar-refractivity contribution in [2.75, 3.05) is 18.5 Å². The molecule has 0 fully saturated rings. The summed E-state index contributed by atoms with van der Waals surface area (Å²) in [6.07, 6.45) is 4.10. The second kappa shape index (κ2) is 10.9. The van der Waals surface area contributed by atoms with Crippen LogP contribution in [0.2, 0.25) is 5.02 Å². The summed E-state index contributed by atoms with van der Waals surface area (Å²) in [7, 11) is 0. The van der Waals surface area contributed by atoms with Gasteiger partial charge in [0.2, 0.25) is 0 Å². The summed E-state index contributed by atoms with van der Waals surface area (Å²) >= 11 is 5.84. The standard InChI is InChI=1S/C16H23ClN2O3/c1-2-22-15(20)10-5-3-4-6-11-18-16(21)19-14-9-7-8-13(17)12-14/h7-9,12H,2-6,10-11H2,1H3,(H2,18,19,21). The number of unbranched alkanes of at least 4 members (excludes halogenated alkanes) is 3. The van der Waals surface area contributed by atoms with E-state index in [1.807, 2.05) is 0 Å². The first kappa shape index (κ1) is 18.3. The molecule has 0 aliphatic rings. The van der Waals surface area contributed by atoms with Crippen LogP contribution in [0, 0.1) is 0 Å². The van der Waals surface area contributed by atoms with Crippen molar-refractivity contribution in [1.82, 2.24) is 5.32 Å². The van der Waals surface area contributed by atoms with Gasteiger partial charge in [-0.05, 0) is 38.0 Å². The van der Waals surface area contributed by atoms with Gasteiger partial charge in [-0.15, -0.1) is 0 Å². The number of nitrogens with one attached hydrogen (secondary N) is 2. The maximum atomic E-state index is 11.6. The molecule has 122 valence electrons. The minimum atomic E-state index is -0.242. The predicted molar refractivity (Wildman–Crippen MR) is 88.2 cm³/mol. The summed E-state index contributed by atoms with van der Waals surface area (Å²) in [5, 5.41) is 6.09. The largest absolute Gasteiger partial charge is 0.466 e. The van der Waals surface area contributed by atoms with Crippen molar-refractivity contribution >= 4 is 29.3 Å². The highest BCUT2D eigenvalue weighted by Crippen LogP contribution is 2.14. The van der Waals surface area contributed by atoms with Crippen LogP contribution in [0.4, 0.5) is 10.5 Å². The molecule has 5 nitrogen and oxygen atoms in total. The van der Waals surface area contributed by atoms with Gasteiger partial charge in [-0.2, -0.15) is 0 Å². The second-order valence-electron chi connectivity index (χ2n) is 4.86. The van der Waals surface area contributed by atoms with Gasteiger partial charge in [0.25, 0.3) is 0 Å². The quantitative estimate of drug-likeness (QED) is 0.533. The monoisotopic (exact) mass is 326 g/mol. The summed E-state index contributed by atoms with van der Waals surface area (Å²) in [5.74, 6) is -0.137.